The van der Waals surface area contributed by atoms with E-state index in [4.69, 9.17) is 21.6 Å². The summed E-state index contributed by atoms with van der Waals surface area (Å²) in [5.41, 5.74) is 4.17. The number of para-hydroxylation sites is 1. The number of imidazole rings is 1. The van der Waals surface area contributed by atoms with Crippen LogP contribution in [0.2, 0.25) is 5.02 Å². The molecule has 1 fully saturated rings. The zero-order chi connectivity index (χ0) is 20.7. The van der Waals surface area contributed by atoms with Crippen LogP contribution in [0.4, 0.5) is 17.3 Å². The number of rotatable bonds is 4. The lowest BCUT2D eigenvalue weighted by molar-refractivity contribution is 0.235. The number of aliphatic hydroxyl groups excluding tert-OH is 1. The van der Waals surface area contributed by atoms with Crippen molar-refractivity contribution in [2.75, 3.05) is 36.5 Å². The summed E-state index contributed by atoms with van der Waals surface area (Å²) >= 11 is 6.40. The van der Waals surface area contributed by atoms with Crippen molar-refractivity contribution < 1.29 is 5.11 Å². The fourth-order valence-corrected chi connectivity index (χ4v) is 4.11. The number of halogens is 1. The predicted molar refractivity (Wildman–Crippen MR) is 119 cm³/mol. The summed E-state index contributed by atoms with van der Waals surface area (Å²) in [5, 5.41) is 16.8. The van der Waals surface area contributed by atoms with E-state index in [1.54, 1.807) is 12.5 Å². The molecule has 5 rings (SSSR count). The van der Waals surface area contributed by atoms with Gasteiger partial charge in [-0.25, -0.2) is 15.0 Å². The van der Waals surface area contributed by atoms with Crippen LogP contribution in [0.1, 0.15) is 5.56 Å². The Labute approximate surface area is 178 Å². The molecule has 0 unspecified atom stereocenters. The van der Waals surface area contributed by atoms with Gasteiger partial charge in [0.15, 0.2) is 11.5 Å². The lowest BCUT2D eigenvalue weighted by atomic mass is 10.2. The normalized spacial score (nSPS) is 17.0. The predicted octanol–water partition coefficient (Wildman–Crippen LogP) is 2.75. The number of hydrogen-bond acceptors (Lipinski definition) is 7. The summed E-state index contributed by atoms with van der Waals surface area (Å²) in [7, 11) is 0. The molecule has 0 amide bonds. The lowest BCUT2D eigenvalue weighted by Crippen LogP contribution is -2.52. The Morgan fingerprint density at radius 2 is 2.17 bits per heavy atom. The van der Waals surface area contributed by atoms with Gasteiger partial charge in [0.2, 0.25) is 0 Å². The number of piperazine rings is 1. The Bertz CT molecular complexity index is 1200. The van der Waals surface area contributed by atoms with Gasteiger partial charge < -0.3 is 20.6 Å². The van der Waals surface area contributed by atoms with Crippen molar-refractivity contribution in [1.29, 1.82) is 0 Å². The van der Waals surface area contributed by atoms with E-state index in [1.807, 2.05) is 41.7 Å². The van der Waals surface area contributed by atoms with E-state index in [9.17, 15) is 5.11 Å². The largest absolute Gasteiger partial charge is 0.395 e. The molecule has 1 atom stereocenters. The molecule has 8 nitrogen and oxygen atoms in total. The van der Waals surface area contributed by atoms with Crippen molar-refractivity contribution in [2.45, 2.75) is 13.0 Å². The molecular weight excluding hydrogens is 402 g/mol. The maximum Gasteiger partial charge on any atom is 0.166 e. The van der Waals surface area contributed by atoms with Crippen LogP contribution >= 0.6 is 11.6 Å². The first-order valence-electron chi connectivity index (χ1n) is 9.88. The minimum atomic E-state index is 0.0491. The molecule has 3 aromatic heterocycles. The number of nitrogens with one attached hydrogen (secondary N) is 2. The maximum atomic E-state index is 9.48. The zero-order valence-electron chi connectivity index (χ0n) is 16.5. The van der Waals surface area contributed by atoms with Crippen LogP contribution in [0.15, 0.2) is 42.9 Å². The van der Waals surface area contributed by atoms with Crippen molar-refractivity contribution in [3.63, 3.8) is 0 Å². The van der Waals surface area contributed by atoms with Crippen LogP contribution in [-0.4, -0.2) is 56.7 Å². The number of benzene rings is 1. The monoisotopic (exact) mass is 423 g/mol. The highest BCUT2D eigenvalue weighted by Gasteiger charge is 2.21. The second-order valence-electron chi connectivity index (χ2n) is 7.46. The molecule has 4 heterocycles. The molecule has 1 aromatic carbocycles. The summed E-state index contributed by atoms with van der Waals surface area (Å²) in [5.74, 6) is 1.54. The second-order valence-corrected chi connectivity index (χ2v) is 7.87. The second kappa shape index (κ2) is 7.71. The number of hydrogen-bond donors (Lipinski definition) is 3. The molecule has 30 heavy (non-hydrogen) atoms. The SMILES string of the molecule is Cc1cccc(Cl)c1Nc1nc2ccc(N3CCN[C@H](CO)C3)nc2n2cncc12. The van der Waals surface area contributed by atoms with E-state index in [0.29, 0.717) is 17.4 Å². The molecule has 3 N–H and O–H groups in total. The van der Waals surface area contributed by atoms with Gasteiger partial charge in [0, 0.05) is 25.7 Å². The minimum absolute atomic E-state index is 0.0491. The van der Waals surface area contributed by atoms with Crippen LogP contribution in [-0.2, 0) is 0 Å². The van der Waals surface area contributed by atoms with Crippen LogP contribution < -0.4 is 15.5 Å². The number of aryl methyl sites for hydroxylation is 1. The third-order valence-corrected chi connectivity index (χ3v) is 5.76. The summed E-state index contributed by atoms with van der Waals surface area (Å²) in [6.07, 6.45) is 3.51. The molecule has 9 heteroatoms. The van der Waals surface area contributed by atoms with E-state index in [2.05, 4.69) is 20.5 Å². The van der Waals surface area contributed by atoms with Crippen LogP contribution in [0.5, 0.6) is 0 Å². The van der Waals surface area contributed by atoms with Gasteiger partial charge >= 0.3 is 0 Å². The highest BCUT2D eigenvalue weighted by Crippen LogP contribution is 2.31. The molecule has 4 aromatic rings. The number of anilines is 3. The van der Waals surface area contributed by atoms with E-state index < -0.39 is 0 Å². The number of fused-ring (bicyclic) bond motifs is 3. The van der Waals surface area contributed by atoms with Crippen molar-refractivity contribution in [2.24, 2.45) is 0 Å². The Balaban J connectivity index is 1.58. The molecule has 1 saturated heterocycles. The van der Waals surface area contributed by atoms with Crippen LogP contribution in [0.3, 0.4) is 0 Å². The minimum Gasteiger partial charge on any atom is -0.395 e. The van der Waals surface area contributed by atoms with Crippen molar-refractivity contribution in [3.05, 3.63) is 53.4 Å². The summed E-state index contributed by atoms with van der Waals surface area (Å²) in [6, 6.07) is 9.78. The molecule has 0 spiro atoms. The van der Waals surface area contributed by atoms with Gasteiger partial charge in [0.25, 0.3) is 0 Å². The van der Waals surface area contributed by atoms with Gasteiger partial charge in [-0.1, -0.05) is 23.7 Å². The maximum absolute atomic E-state index is 9.48. The van der Waals surface area contributed by atoms with Crippen LogP contribution in [0.25, 0.3) is 16.7 Å². The highest BCUT2D eigenvalue weighted by molar-refractivity contribution is 6.33. The molecule has 1 aliphatic rings. The Morgan fingerprint density at radius 1 is 1.27 bits per heavy atom. The number of aliphatic hydroxyl groups is 1. The average Bonchev–Trinajstić information content (AvgIpc) is 3.27. The number of pyridine rings is 1. The third kappa shape index (κ3) is 3.32. The molecule has 154 valence electrons. The topological polar surface area (TPSA) is 90.6 Å². The average molecular weight is 424 g/mol. The quantitative estimate of drug-likeness (QED) is 0.465. The van der Waals surface area contributed by atoms with E-state index in [-0.39, 0.29) is 12.6 Å². The lowest BCUT2D eigenvalue weighted by Gasteiger charge is -2.33. The number of nitrogens with zero attached hydrogens (tertiary/aromatic N) is 5. The van der Waals surface area contributed by atoms with Gasteiger partial charge in [-0.05, 0) is 30.7 Å². The Hall–Kier alpha value is -2.94. The first kappa shape index (κ1) is 19.0. The summed E-state index contributed by atoms with van der Waals surface area (Å²) in [4.78, 5) is 16.2. The fourth-order valence-electron chi connectivity index (χ4n) is 3.84. The van der Waals surface area contributed by atoms with Crippen molar-refractivity contribution >= 4 is 45.6 Å². The standard InChI is InChI=1S/C21H22ClN7O/c1-13-3-2-4-15(22)19(13)27-20-17-9-23-12-29(17)21-16(25-20)5-6-18(26-21)28-8-7-24-14(10-28)11-30/h2-6,9,12,14,24,30H,7-8,10-11H2,1H3,(H,25,27)/t14-/m0/s1. The molecule has 0 bridgehead atoms. The number of aromatic nitrogens is 4. The Kier molecular flexibility index (Phi) is 4.90. The molecular formula is C21H22ClN7O. The molecule has 0 aliphatic carbocycles. The van der Waals surface area contributed by atoms with Gasteiger partial charge in [-0.15, -0.1) is 0 Å². The van der Waals surface area contributed by atoms with Crippen molar-refractivity contribution in [1.82, 2.24) is 24.7 Å². The zero-order valence-corrected chi connectivity index (χ0v) is 17.3. The van der Waals surface area contributed by atoms with Crippen molar-refractivity contribution in [3.8, 4) is 0 Å². The van der Waals surface area contributed by atoms with Crippen LogP contribution in [0, 0.1) is 6.92 Å². The first-order valence-corrected chi connectivity index (χ1v) is 10.3. The molecule has 1 aliphatic heterocycles. The molecule has 0 saturated carbocycles. The summed E-state index contributed by atoms with van der Waals surface area (Å²) in [6.45, 7) is 4.46. The van der Waals surface area contributed by atoms with Gasteiger partial charge in [-0.2, -0.15) is 0 Å². The van der Waals surface area contributed by atoms with Gasteiger partial charge in [-0.3, -0.25) is 4.40 Å². The highest BCUT2D eigenvalue weighted by atomic mass is 35.5. The van der Waals surface area contributed by atoms with Gasteiger partial charge in [0.1, 0.15) is 23.2 Å². The molecule has 0 radical (unpaired) electrons. The van der Waals surface area contributed by atoms with Gasteiger partial charge in [0.05, 0.1) is 23.5 Å². The van der Waals surface area contributed by atoms with E-state index in [0.717, 1.165) is 46.8 Å². The summed E-state index contributed by atoms with van der Waals surface area (Å²) < 4.78 is 1.94. The first-order chi connectivity index (χ1) is 14.6. The Morgan fingerprint density at radius 3 is 3.00 bits per heavy atom. The van der Waals surface area contributed by atoms with E-state index >= 15 is 0 Å². The fraction of sp³-hybridized carbons (Fsp3) is 0.286. The third-order valence-electron chi connectivity index (χ3n) is 5.45. The van der Waals surface area contributed by atoms with E-state index in [1.165, 1.54) is 0 Å². The smallest absolute Gasteiger partial charge is 0.166 e.